The highest BCUT2D eigenvalue weighted by atomic mass is 28.4. The van der Waals surface area contributed by atoms with Crippen LogP contribution in [0.1, 0.15) is 80.6 Å². The van der Waals surface area contributed by atoms with Gasteiger partial charge in [-0.3, -0.25) is 4.79 Å². The Hall–Kier alpha value is -1.91. The molecular formula is C29H44O3Si. The van der Waals surface area contributed by atoms with Crippen molar-refractivity contribution in [1.29, 1.82) is 0 Å². The van der Waals surface area contributed by atoms with Gasteiger partial charge in [0.2, 0.25) is 0 Å². The van der Waals surface area contributed by atoms with Crippen LogP contribution in [0.15, 0.2) is 60.7 Å². The Morgan fingerprint density at radius 3 is 1.67 bits per heavy atom. The van der Waals surface area contributed by atoms with Gasteiger partial charge in [-0.25, -0.2) is 0 Å². The minimum atomic E-state index is -3.15. The Labute approximate surface area is 202 Å². The van der Waals surface area contributed by atoms with Crippen molar-refractivity contribution in [2.45, 2.75) is 91.7 Å². The molecule has 0 saturated carbocycles. The van der Waals surface area contributed by atoms with Crippen LogP contribution >= 0.6 is 0 Å². The molecule has 0 aliphatic heterocycles. The molecule has 2 rings (SSSR count). The molecule has 0 radical (unpaired) electrons. The molecule has 3 nitrogen and oxygen atoms in total. The first-order valence-corrected chi connectivity index (χ1v) is 14.6. The van der Waals surface area contributed by atoms with Crippen LogP contribution in [0.5, 0.6) is 0 Å². The van der Waals surface area contributed by atoms with Crippen LogP contribution in [-0.4, -0.2) is 25.2 Å². The number of carbonyl (C=O) groups is 1. The van der Waals surface area contributed by atoms with Crippen molar-refractivity contribution in [2.24, 2.45) is 11.3 Å². The highest BCUT2D eigenvalue weighted by Crippen LogP contribution is 2.52. The topological polar surface area (TPSA) is 46.5 Å². The first-order chi connectivity index (χ1) is 15.6. The average Bonchev–Trinajstić information content (AvgIpc) is 2.85. The maximum absolute atomic E-state index is 13.2. The summed E-state index contributed by atoms with van der Waals surface area (Å²) in [5, 5.41) is 1.61. The molecule has 0 saturated heterocycles. The second kappa shape index (κ2) is 11.5. The highest BCUT2D eigenvalue weighted by molar-refractivity contribution is 6.98. The fourth-order valence-corrected chi connectivity index (χ4v) is 9.41. The van der Waals surface area contributed by atoms with Crippen LogP contribution in [0.25, 0.3) is 0 Å². The van der Waals surface area contributed by atoms with Gasteiger partial charge in [0.25, 0.3) is 8.32 Å². The van der Waals surface area contributed by atoms with E-state index in [1.807, 2.05) is 43.3 Å². The molecule has 182 valence electrons. The normalized spacial score (nSPS) is 13.7. The molecule has 0 fully saturated rings. The van der Waals surface area contributed by atoms with Crippen molar-refractivity contribution in [3.05, 3.63) is 60.7 Å². The summed E-state index contributed by atoms with van der Waals surface area (Å²) in [6.07, 6.45) is 4.11. The molecule has 2 aromatic carbocycles. The maximum Gasteiger partial charge on any atom is 0.309 e. The molecule has 0 spiro atoms. The van der Waals surface area contributed by atoms with Crippen molar-refractivity contribution in [1.82, 2.24) is 0 Å². The van der Waals surface area contributed by atoms with Crippen LogP contribution in [0, 0.1) is 11.3 Å². The van der Waals surface area contributed by atoms with Gasteiger partial charge in [0.15, 0.2) is 0 Å². The quantitative estimate of drug-likeness (QED) is 0.303. The number of esters is 1. The molecule has 1 N–H and O–H groups in total. The molecule has 0 heterocycles. The summed E-state index contributed by atoms with van der Waals surface area (Å²) in [5.74, 6) is -0.343. The van der Waals surface area contributed by atoms with Gasteiger partial charge in [-0.15, -0.1) is 0 Å². The van der Waals surface area contributed by atoms with E-state index in [9.17, 15) is 9.59 Å². The van der Waals surface area contributed by atoms with E-state index >= 15 is 0 Å². The third kappa shape index (κ3) is 5.60. The number of benzene rings is 2. The lowest BCUT2D eigenvalue weighted by Crippen LogP contribution is -2.66. The van der Waals surface area contributed by atoms with E-state index in [0.29, 0.717) is 0 Å². The van der Waals surface area contributed by atoms with E-state index in [1.165, 1.54) is 0 Å². The van der Waals surface area contributed by atoms with Crippen molar-refractivity contribution < 1.29 is 14.3 Å². The fourth-order valence-electron chi connectivity index (χ4n) is 5.55. The largest absolute Gasteiger partial charge is 0.462 e. The zero-order valence-corrected chi connectivity index (χ0v) is 22.7. The molecule has 1 atom stereocenters. The molecule has 0 aliphatic rings. The summed E-state index contributed by atoms with van der Waals surface area (Å²) in [4.78, 5) is 25.8. The number of hydrogen-bond acceptors (Lipinski definition) is 3. The van der Waals surface area contributed by atoms with E-state index in [-0.39, 0.29) is 23.4 Å². The van der Waals surface area contributed by atoms with Gasteiger partial charge in [-0.05, 0) is 52.9 Å². The summed E-state index contributed by atoms with van der Waals surface area (Å²) in [5.41, 5.74) is -0.253. The van der Waals surface area contributed by atoms with Crippen LogP contribution < -0.4 is 10.4 Å². The first kappa shape index (κ1) is 27.3. The standard InChI is InChI=1S/C29H44O3Si/c1-8-24(9-2)32-27(30)23(5)29(10-3,11-4)22-28(6,7)33(31,25-18-14-12-15-19-25)26-20-16-13-17-21-26/h12-21,23-24,31H,8-11,22H2,1-7H3/t23-/m0/s1. The van der Waals surface area contributed by atoms with Gasteiger partial charge >= 0.3 is 5.97 Å². The summed E-state index contributed by atoms with van der Waals surface area (Å²) in [7, 11) is -3.15. The zero-order valence-electron chi connectivity index (χ0n) is 21.7. The van der Waals surface area contributed by atoms with E-state index in [1.54, 1.807) is 0 Å². The molecular weight excluding hydrogens is 424 g/mol. The number of carbonyl (C=O) groups excluding carboxylic acids is 1. The number of ether oxygens (including phenoxy) is 1. The molecule has 0 aromatic heterocycles. The van der Waals surface area contributed by atoms with E-state index < -0.39 is 13.4 Å². The lowest BCUT2D eigenvalue weighted by molar-refractivity contribution is -0.159. The number of hydrogen-bond donors (Lipinski definition) is 1. The summed E-state index contributed by atoms with van der Waals surface area (Å²) < 4.78 is 5.90. The van der Waals surface area contributed by atoms with Crippen molar-refractivity contribution >= 4 is 24.7 Å². The minimum Gasteiger partial charge on any atom is -0.462 e. The third-order valence-corrected chi connectivity index (χ3v) is 12.5. The molecule has 0 aliphatic carbocycles. The van der Waals surface area contributed by atoms with Gasteiger partial charge in [-0.2, -0.15) is 0 Å². The second-order valence-corrected chi connectivity index (χ2v) is 14.1. The Kier molecular flexibility index (Phi) is 9.51. The van der Waals surface area contributed by atoms with Crippen LogP contribution in [-0.2, 0) is 9.53 Å². The summed E-state index contributed by atoms with van der Waals surface area (Å²) in [6.45, 7) is 14.9. The maximum atomic E-state index is 13.2. The Bertz CT molecular complexity index is 815. The SMILES string of the molecule is CCC(CC)OC(=O)[C@H](C)C(CC)(CC)CC(C)(C)[Si](O)(c1ccccc1)c1ccccc1. The molecule has 2 aromatic rings. The lowest BCUT2D eigenvalue weighted by atomic mass is 9.67. The fraction of sp³-hybridized carbons (Fsp3) is 0.552. The Morgan fingerprint density at radius 2 is 1.30 bits per heavy atom. The summed E-state index contributed by atoms with van der Waals surface area (Å²) >= 11 is 0. The predicted octanol–water partition coefficient (Wildman–Crippen LogP) is 6.08. The molecule has 33 heavy (non-hydrogen) atoms. The van der Waals surface area contributed by atoms with Gasteiger partial charge in [0.1, 0.15) is 6.10 Å². The van der Waals surface area contributed by atoms with Crippen molar-refractivity contribution in [2.75, 3.05) is 0 Å². The van der Waals surface area contributed by atoms with Gasteiger partial charge < -0.3 is 9.53 Å². The minimum absolute atomic E-state index is 0.0284. The molecule has 0 amide bonds. The molecule has 4 heteroatoms. The van der Waals surface area contributed by atoms with Crippen molar-refractivity contribution in [3.8, 4) is 0 Å². The summed E-state index contributed by atoms with van der Waals surface area (Å²) in [6, 6.07) is 20.3. The predicted molar refractivity (Wildman–Crippen MR) is 141 cm³/mol. The average molecular weight is 469 g/mol. The number of rotatable bonds is 12. The van der Waals surface area contributed by atoms with E-state index in [4.69, 9.17) is 4.74 Å². The monoisotopic (exact) mass is 468 g/mol. The highest BCUT2D eigenvalue weighted by Gasteiger charge is 2.54. The van der Waals surface area contributed by atoms with Crippen LogP contribution in [0.4, 0.5) is 0 Å². The Morgan fingerprint density at radius 1 is 0.879 bits per heavy atom. The zero-order chi connectivity index (χ0) is 24.7. The van der Waals surface area contributed by atoms with Gasteiger partial charge in [-0.1, -0.05) is 109 Å². The van der Waals surface area contributed by atoms with E-state index in [0.717, 1.165) is 42.5 Å². The van der Waals surface area contributed by atoms with Crippen molar-refractivity contribution in [3.63, 3.8) is 0 Å². The molecule has 0 unspecified atom stereocenters. The first-order valence-electron chi connectivity index (χ1n) is 12.7. The van der Waals surface area contributed by atoms with Crippen LogP contribution in [0.3, 0.4) is 0 Å². The Balaban J connectivity index is 2.52. The second-order valence-electron chi connectivity index (χ2n) is 10.2. The smallest absolute Gasteiger partial charge is 0.309 e. The molecule has 0 bridgehead atoms. The van der Waals surface area contributed by atoms with Gasteiger partial charge in [0.05, 0.1) is 5.92 Å². The van der Waals surface area contributed by atoms with Crippen LogP contribution in [0.2, 0.25) is 5.04 Å². The van der Waals surface area contributed by atoms with Gasteiger partial charge in [0, 0.05) is 0 Å². The van der Waals surface area contributed by atoms with E-state index in [2.05, 4.69) is 65.8 Å². The lowest BCUT2D eigenvalue weighted by Gasteiger charge is -2.48. The third-order valence-electron chi connectivity index (χ3n) is 8.03.